The van der Waals surface area contributed by atoms with Gasteiger partial charge in [-0.05, 0) is 52.3 Å². The van der Waals surface area contributed by atoms with Crippen molar-refractivity contribution in [2.45, 2.75) is 6.04 Å². The molecule has 6 heteroatoms. The molecule has 130 valence electrons. The predicted molar refractivity (Wildman–Crippen MR) is 86.0 cm³/mol. The summed E-state index contributed by atoms with van der Waals surface area (Å²) >= 11 is 0. The average molecular weight is 377 g/mol. The summed E-state index contributed by atoms with van der Waals surface area (Å²) in [5, 5.41) is 0. The van der Waals surface area contributed by atoms with Gasteiger partial charge < -0.3 is 9.64 Å². The third kappa shape index (κ3) is 9.70. The summed E-state index contributed by atoms with van der Waals surface area (Å²) in [6.45, 7) is 13.5. The Morgan fingerprint density at radius 3 is 1.80 bits per heavy atom. The fraction of sp³-hybridized carbons (Fsp3) is 0.211. The van der Waals surface area contributed by atoms with Gasteiger partial charge in [0, 0.05) is 34.9 Å². The van der Waals surface area contributed by atoms with Crippen molar-refractivity contribution < 1.29 is 36.1 Å². The third-order valence-electron chi connectivity index (χ3n) is 3.07. The summed E-state index contributed by atoms with van der Waals surface area (Å²) in [7, 11) is 5.89. The van der Waals surface area contributed by atoms with E-state index < -0.39 is 0 Å². The zero-order valence-electron chi connectivity index (χ0n) is 14.3. The van der Waals surface area contributed by atoms with Crippen LogP contribution in [0.5, 0.6) is 5.75 Å². The minimum Gasteiger partial charge on any atom is 0 e. The molecule has 1 aromatic rings. The van der Waals surface area contributed by atoms with Gasteiger partial charge >= 0.3 is 33.9 Å². The quantitative estimate of drug-likeness (QED) is 0.598. The van der Waals surface area contributed by atoms with Crippen molar-refractivity contribution in [2.75, 3.05) is 21.2 Å². The Labute approximate surface area is 162 Å². The van der Waals surface area contributed by atoms with E-state index in [-0.39, 0.29) is 23.4 Å². The smallest absolute Gasteiger partial charge is 0 e. The maximum atomic E-state index is 7.50. The van der Waals surface area contributed by atoms with E-state index in [1.54, 1.807) is 7.11 Å². The Bertz CT molecular complexity index is 479. The second kappa shape index (κ2) is 19.1. The minimum absolute atomic E-state index is 0. The zero-order valence-corrected chi connectivity index (χ0v) is 15.5. The molecule has 1 aliphatic carbocycles. The van der Waals surface area contributed by atoms with Crippen LogP contribution in [0.2, 0.25) is 0 Å². The average Bonchev–Trinajstić information content (AvgIpc) is 2.68. The normalized spacial score (nSPS) is 13.8. The van der Waals surface area contributed by atoms with E-state index in [0.29, 0.717) is 0 Å². The number of hydrogen-bond acceptors (Lipinski definition) is 2. The SMILES string of the molecule is COc1ccccc1C([C]1[CH][CH][CH][CH][CH]1)N(C)C.[C-]#[O+].[C-]#[O+].[C-]#[O+].[Cr]. The van der Waals surface area contributed by atoms with Gasteiger partial charge in [0.05, 0.1) is 7.11 Å². The van der Waals surface area contributed by atoms with E-state index in [1.807, 2.05) is 18.6 Å². The second-order valence-corrected chi connectivity index (χ2v) is 4.52. The van der Waals surface area contributed by atoms with Gasteiger partial charge in [-0.2, -0.15) is 0 Å². The molecule has 0 amide bonds. The fourth-order valence-electron chi connectivity index (χ4n) is 2.28. The van der Waals surface area contributed by atoms with Crippen LogP contribution in [-0.4, -0.2) is 26.1 Å². The number of rotatable bonds is 4. The molecule has 0 saturated heterocycles. The molecule has 25 heavy (non-hydrogen) atoms. The van der Waals surface area contributed by atoms with Crippen LogP contribution in [0.25, 0.3) is 0 Å². The molecule has 0 aliphatic heterocycles. The maximum Gasteiger partial charge on any atom is 0 e. The molecule has 5 nitrogen and oxygen atoms in total. The van der Waals surface area contributed by atoms with Crippen LogP contribution in [0.1, 0.15) is 11.6 Å². The van der Waals surface area contributed by atoms with Crippen LogP contribution in [-0.2, 0) is 31.3 Å². The first kappa shape index (κ1) is 28.5. The van der Waals surface area contributed by atoms with Crippen molar-refractivity contribution in [1.82, 2.24) is 4.90 Å². The van der Waals surface area contributed by atoms with Crippen LogP contribution in [0.15, 0.2) is 24.3 Å². The third-order valence-corrected chi connectivity index (χ3v) is 3.07. The van der Waals surface area contributed by atoms with E-state index in [1.165, 1.54) is 11.5 Å². The summed E-state index contributed by atoms with van der Waals surface area (Å²) in [5.41, 5.74) is 1.19. The van der Waals surface area contributed by atoms with E-state index >= 15 is 0 Å². The van der Waals surface area contributed by atoms with Crippen LogP contribution < -0.4 is 4.74 Å². The number of nitrogens with zero attached hydrogens (tertiary/aromatic N) is 1. The van der Waals surface area contributed by atoms with Crippen LogP contribution >= 0.6 is 0 Å². The summed E-state index contributed by atoms with van der Waals surface area (Å²) in [6, 6.07) is 8.39. The van der Waals surface area contributed by atoms with Crippen LogP contribution in [0, 0.1) is 58.0 Å². The molecule has 2 rings (SSSR count). The number of ether oxygens (including phenoxy) is 1. The van der Waals surface area contributed by atoms with Crippen molar-refractivity contribution in [1.29, 1.82) is 0 Å². The number of methoxy groups -OCH3 is 1. The summed E-state index contributed by atoms with van der Waals surface area (Å²) in [5.74, 6) is 2.20. The molecule has 1 aromatic carbocycles. The Morgan fingerprint density at radius 1 is 0.880 bits per heavy atom. The molecule has 6 radical (unpaired) electrons. The first-order chi connectivity index (χ1) is 11.7. The standard InChI is InChI=1S/C16H19NO.3CO.Cr/c1-17(2)16(13-9-5-4-6-10-13)14-11-7-8-12-15(14)18-3;3*1-2;/h4-12,16H,1-3H3;;;;. The zero-order chi connectivity index (χ0) is 19.0. The van der Waals surface area contributed by atoms with Crippen LogP contribution in [0.3, 0.4) is 0 Å². The van der Waals surface area contributed by atoms with E-state index in [2.05, 4.69) is 76.8 Å². The first-order valence-corrected chi connectivity index (χ1v) is 6.69. The van der Waals surface area contributed by atoms with Crippen molar-refractivity contribution in [2.24, 2.45) is 0 Å². The molecule has 0 N–H and O–H groups in total. The van der Waals surface area contributed by atoms with Crippen molar-refractivity contribution >= 4 is 0 Å². The fourth-order valence-corrected chi connectivity index (χ4v) is 2.28. The molecule has 0 heterocycles. The minimum atomic E-state index is 0. The molecule has 1 unspecified atom stereocenters. The molecule has 0 aromatic heterocycles. The van der Waals surface area contributed by atoms with Crippen LogP contribution in [0.4, 0.5) is 0 Å². The van der Waals surface area contributed by atoms with Crippen molar-refractivity contribution in [3.05, 3.63) is 87.8 Å². The summed E-state index contributed by atoms with van der Waals surface area (Å²) in [4.78, 5) is 2.20. The Morgan fingerprint density at radius 2 is 1.36 bits per heavy atom. The van der Waals surface area contributed by atoms with Gasteiger partial charge in [0.2, 0.25) is 0 Å². The Kier molecular flexibility index (Phi) is 21.8. The van der Waals surface area contributed by atoms with Gasteiger partial charge in [0.1, 0.15) is 5.75 Å². The number of benzene rings is 1. The Balaban J connectivity index is -0.000000626. The van der Waals surface area contributed by atoms with Crippen molar-refractivity contribution in [3.8, 4) is 5.75 Å². The van der Waals surface area contributed by atoms with Gasteiger partial charge in [-0.3, -0.25) is 0 Å². The monoisotopic (exact) mass is 377 g/mol. The van der Waals surface area contributed by atoms with E-state index in [4.69, 9.17) is 18.7 Å². The van der Waals surface area contributed by atoms with Gasteiger partial charge in [0.15, 0.2) is 0 Å². The summed E-state index contributed by atoms with van der Waals surface area (Å²) < 4.78 is 28.0. The molecular formula is C19H19CrNO4. The molecule has 1 aliphatic rings. The van der Waals surface area contributed by atoms with Gasteiger partial charge in [0.25, 0.3) is 0 Å². The maximum absolute atomic E-state index is 7.50. The Hall–Kier alpha value is -1.27. The number of para-hydroxylation sites is 1. The van der Waals surface area contributed by atoms with Gasteiger partial charge in [-0.1, -0.05) is 18.2 Å². The van der Waals surface area contributed by atoms with Gasteiger partial charge in [-0.25, -0.2) is 0 Å². The molecule has 1 saturated carbocycles. The molecular weight excluding hydrogens is 358 g/mol. The summed E-state index contributed by atoms with van der Waals surface area (Å²) in [6.07, 6.45) is 10.5. The van der Waals surface area contributed by atoms with Gasteiger partial charge in [-0.15, -0.1) is 0 Å². The number of hydrogen-bond donors (Lipinski definition) is 0. The largest absolute Gasteiger partial charge is 0 e. The molecule has 1 atom stereocenters. The molecule has 0 spiro atoms. The second-order valence-electron chi connectivity index (χ2n) is 4.52. The first-order valence-electron chi connectivity index (χ1n) is 6.69. The van der Waals surface area contributed by atoms with E-state index in [9.17, 15) is 0 Å². The predicted octanol–water partition coefficient (Wildman–Crippen LogP) is 2.79. The topological polar surface area (TPSA) is 72.2 Å². The van der Waals surface area contributed by atoms with E-state index in [0.717, 1.165) is 5.75 Å². The molecule has 1 fully saturated rings. The molecule has 0 bridgehead atoms. The van der Waals surface area contributed by atoms with Crippen molar-refractivity contribution in [3.63, 3.8) is 0 Å².